The van der Waals surface area contributed by atoms with Gasteiger partial charge in [0.25, 0.3) is 0 Å². The smallest absolute Gasteiger partial charge is 0.122 e. The van der Waals surface area contributed by atoms with Crippen LogP contribution in [0.5, 0.6) is 5.75 Å². The molecule has 3 nitrogen and oxygen atoms in total. The second kappa shape index (κ2) is 5.93. The van der Waals surface area contributed by atoms with E-state index in [0.29, 0.717) is 12.5 Å². The predicted octanol–water partition coefficient (Wildman–Crippen LogP) is 2.68. The van der Waals surface area contributed by atoms with Crippen molar-refractivity contribution in [1.82, 2.24) is 5.32 Å². The Morgan fingerprint density at radius 3 is 2.63 bits per heavy atom. The predicted molar refractivity (Wildman–Crippen MR) is 77.5 cm³/mol. The molecule has 0 heterocycles. The molecule has 0 aliphatic heterocycles. The maximum Gasteiger partial charge on any atom is 0.122 e. The lowest BCUT2D eigenvalue weighted by atomic mass is 9.99. The van der Waals surface area contributed by atoms with Crippen LogP contribution in [0.1, 0.15) is 43.7 Å². The summed E-state index contributed by atoms with van der Waals surface area (Å²) >= 11 is 0. The molecular formula is C16H25NO2. The van der Waals surface area contributed by atoms with E-state index in [2.05, 4.69) is 31.3 Å². The van der Waals surface area contributed by atoms with E-state index in [4.69, 9.17) is 4.74 Å². The molecule has 2 N–H and O–H groups in total. The van der Waals surface area contributed by atoms with Gasteiger partial charge in [-0.2, -0.15) is 0 Å². The molecule has 0 bridgehead atoms. The first kappa shape index (κ1) is 14.4. The number of rotatable bonds is 7. The fraction of sp³-hybridized carbons (Fsp3) is 0.625. The van der Waals surface area contributed by atoms with Gasteiger partial charge in [-0.05, 0) is 36.0 Å². The van der Waals surface area contributed by atoms with Crippen molar-refractivity contribution in [3.8, 4) is 5.75 Å². The summed E-state index contributed by atoms with van der Waals surface area (Å²) in [6, 6.07) is 6.37. The zero-order valence-electron chi connectivity index (χ0n) is 12.2. The Labute approximate surface area is 116 Å². The highest BCUT2D eigenvalue weighted by Gasteiger charge is 2.41. The average Bonchev–Trinajstić information content (AvgIpc) is 3.19. The molecule has 0 atom stereocenters. The molecule has 2 rings (SSSR count). The molecule has 0 unspecified atom stereocenters. The first-order chi connectivity index (χ1) is 9.10. The molecule has 1 aromatic carbocycles. The normalized spacial score (nSPS) is 16.7. The van der Waals surface area contributed by atoms with Gasteiger partial charge in [-0.25, -0.2) is 0 Å². The van der Waals surface area contributed by atoms with Gasteiger partial charge < -0.3 is 15.2 Å². The lowest BCUT2D eigenvalue weighted by Crippen LogP contribution is -2.26. The number of hydrogen-bond acceptors (Lipinski definition) is 3. The van der Waals surface area contributed by atoms with Crippen molar-refractivity contribution in [1.29, 1.82) is 0 Å². The summed E-state index contributed by atoms with van der Waals surface area (Å²) in [7, 11) is 1.72. The highest BCUT2D eigenvalue weighted by Crippen LogP contribution is 2.44. The quantitative estimate of drug-likeness (QED) is 0.794. The van der Waals surface area contributed by atoms with Crippen molar-refractivity contribution < 1.29 is 9.84 Å². The van der Waals surface area contributed by atoms with E-state index in [0.717, 1.165) is 31.7 Å². The molecule has 0 spiro atoms. The summed E-state index contributed by atoms with van der Waals surface area (Å²) in [6.07, 6.45) is 2.30. The van der Waals surface area contributed by atoms with E-state index in [-0.39, 0.29) is 5.41 Å². The fourth-order valence-corrected chi connectivity index (χ4v) is 2.38. The van der Waals surface area contributed by atoms with Gasteiger partial charge in [0.1, 0.15) is 5.75 Å². The van der Waals surface area contributed by atoms with Gasteiger partial charge in [0.2, 0.25) is 0 Å². The minimum Gasteiger partial charge on any atom is -0.496 e. The molecule has 1 fully saturated rings. The number of aliphatic hydroxyl groups excluding tert-OH is 1. The number of methoxy groups -OCH3 is 1. The third kappa shape index (κ3) is 3.48. The fourth-order valence-electron chi connectivity index (χ4n) is 2.38. The molecule has 1 saturated carbocycles. The van der Waals surface area contributed by atoms with E-state index >= 15 is 0 Å². The minimum absolute atomic E-state index is 0.174. The molecule has 1 aromatic rings. The Hall–Kier alpha value is -1.06. The molecule has 19 heavy (non-hydrogen) atoms. The maximum absolute atomic E-state index is 9.28. The minimum atomic E-state index is 0.174. The van der Waals surface area contributed by atoms with Gasteiger partial charge in [-0.1, -0.05) is 26.0 Å². The second-order valence-electron chi connectivity index (χ2n) is 5.99. The van der Waals surface area contributed by atoms with E-state index in [1.807, 2.05) is 6.07 Å². The van der Waals surface area contributed by atoms with E-state index < -0.39 is 0 Å². The Morgan fingerprint density at radius 2 is 2.11 bits per heavy atom. The van der Waals surface area contributed by atoms with Crippen LogP contribution in [0.2, 0.25) is 0 Å². The molecule has 0 amide bonds. The van der Waals surface area contributed by atoms with Crippen molar-refractivity contribution in [2.45, 2.75) is 39.2 Å². The van der Waals surface area contributed by atoms with Crippen molar-refractivity contribution in [3.05, 3.63) is 29.3 Å². The van der Waals surface area contributed by atoms with Gasteiger partial charge >= 0.3 is 0 Å². The van der Waals surface area contributed by atoms with Crippen LogP contribution in [-0.2, 0) is 6.54 Å². The highest BCUT2D eigenvalue weighted by molar-refractivity contribution is 5.39. The number of ether oxygens (including phenoxy) is 1. The Balaban J connectivity index is 1.95. The van der Waals surface area contributed by atoms with Gasteiger partial charge in [-0.3, -0.25) is 0 Å². The third-order valence-corrected chi connectivity index (χ3v) is 4.04. The summed E-state index contributed by atoms with van der Waals surface area (Å²) in [6.45, 7) is 6.43. The molecule has 0 aromatic heterocycles. The Bertz CT molecular complexity index is 425. The van der Waals surface area contributed by atoms with Crippen LogP contribution in [0.15, 0.2) is 18.2 Å². The summed E-state index contributed by atoms with van der Waals surface area (Å²) < 4.78 is 5.39. The van der Waals surface area contributed by atoms with Crippen LogP contribution in [0.4, 0.5) is 0 Å². The van der Waals surface area contributed by atoms with E-state index in [1.165, 1.54) is 11.1 Å². The van der Waals surface area contributed by atoms with Crippen LogP contribution in [0, 0.1) is 5.41 Å². The van der Waals surface area contributed by atoms with Crippen molar-refractivity contribution >= 4 is 0 Å². The van der Waals surface area contributed by atoms with Gasteiger partial charge in [-0.15, -0.1) is 0 Å². The van der Waals surface area contributed by atoms with E-state index in [9.17, 15) is 5.11 Å². The summed E-state index contributed by atoms with van der Waals surface area (Å²) in [5, 5.41) is 12.7. The number of hydrogen-bond donors (Lipinski definition) is 2. The second-order valence-corrected chi connectivity index (χ2v) is 5.99. The maximum atomic E-state index is 9.28. The number of aliphatic hydroxyl groups is 1. The topological polar surface area (TPSA) is 41.5 Å². The lowest BCUT2D eigenvalue weighted by Gasteiger charge is -2.15. The van der Waals surface area contributed by atoms with Crippen LogP contribution in [0.3, 0.4) is 0 Å². The highest BCUT2D eigenvalue weighted by atomic mass is 16.5. The molecule has 3 heteroatoms. The molecule has 1 aliphatic rings. The van der Waals surface area contributed by atoms with E-state index in [1.54, 1.807) is 7.11 Å². The van der Waals surface area contributed by atoms with Gasteiger partial charge in [0, 0.05) is 25.1 Å². The zero-order valence-corrected chi connectivity index (χ0v) is 12.2. The van der Waals surface area contributed by atoms with Crippen molar-refractivity contribution in [3.63, 3.8) is 0 Å². The zero-order chi connectivity index (χ0) is 13.9. The average molecular weight is 263 g/mol. The van der Waals surface area contributed by atoms with Crippen LogP contribution in [0.25, 0.3) is 0 Å². The summed E-state index contributed by atoms with van der Waals surface area (Å²) in [5.41, 5.74) is 2.70. The van der Waals surface area contributed by atoms with Crippen molar-refractivity contribution in [2.24, 2.45) is 5.41 Å². The van der Waals surface area contributed by atoms with Gasteiger partial charge in [0.15, 0.2) is 0 Å². The molecule has 106 valence electrons. The molecular weight excluding hydrogens is 238 g/mol. The molecule has 1 aliphatic carbocycles. The first-order valence-corrected chi connectivity index (χ1v) is 7.08. The van der Waals surface area contributed by atoms with Crippen LogP contribution < -0.4 is 10.1 Å². The SMILES string of the molecule is COc1ccc(CNCC2(CO)CC2)cc1C(C)C. The lowest BCUT2D eigenvalue weighted by molar-refractivity contribution is 0.207. The Kier molecular flexibility index (Phi) is 4.48. The monoisotopic (exact) mass is 263 g/mol. The van der Waals surface area contributed by atoms with Crippen LogP contribution in [-0.4, -0.2) is 25.4 Å². The first-order valence-electron chi connectivity index (χ1n) is 7.08. The number of nitrogens with one attached hydrogen (secondary N) is 1. The summed E-state index contributed by atoms with van der Waals surface area (Å²) in [4.78, 5) is 0. The van der Waals surface area contributed by atoms with Crippen LogP contribution >= 0.6 is 0 Å². The standard InChI is InChI=1S/C16H25NO2/c1-12(2)14-8-13(4-5-15(14)19-3)9-17-10-16(11-18)6-7-16/h4-5,8,12,17-18H,6-7,9-11H2,1-3H3. The summed E-state index contributed by atoms with van der Waals surface area (Å²) in [5.74, 6) is 1.43. The molecule has 0 saturated heterocycles. The van der Waals surface area contributed by atoms with Gasteiger partial charge in [0.05, 0.1) is 7.11 Å². The number of benzene rings is 1. The largest absolute Gasteiger partial charge is 0.496 e. The molecule has 0 radical (unpaired) electrons. The third-order valence-electron chi connectivity index (χ3n) is 4.04. The van der Waals surface area contributed by atoms with Crippen molar-refractivity contribution in [2.75, 3.05) is 20.3 Å². The Morgan fingerprint density at radius 1 is 1.37 bits per heavy atom.